The van der Waals surface area contributed by atoms with Crippen LogP contribution in [0.25, 0.3) is 0 Å². The first-order valence-electron chi connectivity index (χ1n) is 10.3. The average molecular weight is 391 g/mol. The van der Waals surface area contributed by atoms with Crippen molar-refractivity contribution >= 4 is 8.80 Å². The molecule has 154 valence electrons. The van der Waals surface area contributed by atoms with Crippen LogP contribution in [0, 0.1) is 0 Å². The number of epoxide rings is 1. The first-order valence-corrected chi connectivity index (χ1v) is 12.2. The number of ether oxygens (including phenoxy) is 2. The third-order valence-electron chi connectivity index (χ3n) is 4.65. The molecule has 1 atom stereocenters. The Morgan fingerprint density at radius 1 is 0.923 bits per heavy atom. The van der Waals surface area contributed by atoms with E-state index in [1.54, 1.807) is 0 Å². The third kappa shape index (κ3) is 8.31. The molecule has 1 unspecified atom stereocenters. The molecule has 0 spiro atoms. The van der Waals surface area contributed by atoms with Gasteiger partial charge in [0, 0.05) is 52.1 Å². The minimum absolute atomic E-state index is 0.373. The molecular formula is C18H38N2O5Si. The summed E-state index contributed by atoms with van der Waals surface area (Å²) in [6.07, 6.45) is 2.53. The van der Waals surface area contributed by atoms with Gasteiger partial charge in [-0.05, 0) is 40.2 Å². The zero-order chi connectivity index (χ0) is 18.7. The first-order chi connectivity index (χ1) is 12.7. The lowest BCUT2D eigenvalue weighted by atomic mass is 10.4. The highest BCUT2D eigenvalue weighted by molar-refractivity contribution is 6.60. The van der Waals surface area contributed by atoms with Crippen molar-refractivity contribution in [3.63, 3.8) is 0 Å². The zero-order valence-electron chi connectivity index (χ0n) is 16.9. The molecule has 0 amide bonds. The van der Waals surface area contributed by atoms with Gasteiger partial charge in [0.1, 0.15) is 6.10 Å². The smallest absolute Gasteiger partial charge is 0.379 e. The van der Waals surface area contributed by atoms with Crippen LogP contribution in [-0.2, 0) is 22.8 Å². The molecule has 0 N–H and O–H groups in total. The summed E-state index contributed by atoms with van der Waals surface area (Å²) in [5, 5.41) is 0. The molecule has 2 aliphatic heterocycles. The topological polar surface area (TPSA) is 55.9 Å². The van der Waals surface area contributed by atoms with E-state index in [0.717, 1.165) is 71.6 Å². The second-order valence-corrected chi connectivity index (χ2v) is 9.58. The molecule has 8 heteroatoms. The number of hydrogen-bond acceptors (Lipinski definition) is 7. The molecule has 0 aromatic carbocycles. The summed E-state index contributed by atoms with van der Waals surface area (Å²) in [5.41, 5.74) is 0. The van der Waals surface area contributed by atoms with Gasteiger partial charge >= 0.3 is 8.80 Å². The van der Waals surface area contributed by atoms with Crippen molar-refractivity contribution in [2.45, 2.75) is 45.8 Å². The Balaban J connectivity index is 1.57. The molecule has 0 radical (unpaired) electrons. The molecule has 2 fully saturated rings. The summed E-state index contributed by atoms with van der Waals surface area (Å²) in [7, 11) is -2.49. The lowest BCUT2D eigenvalue weighted by Crippen LogP contribution is -2.46. The van der Waals surface area contributed by atoms with Crippen LogP contribution in [-0.4, -0.2) is 97.2 Å². The van der Waals surface area contributed by atoms with Crippen molar-refractivity contribution in [2.75, 3.05) is 72.5 Å². The predicted octanol–water partition coefficient (Wildman–Crippen LogP) is 1.81. The van der Waals surface area contributed by atoms with Gasteiger partial charge in [-0.15, -0.1) is 0 Å². The molecule has 0 bridgehead atoms. The second kappa shape index (κ2) is 12.4. The lowest BCUT2D eigenvalue weighted by Gasteiger charge is -2.29. The van der Waals surface area contributed by atoms with Crippen molar-refractivity contribution in [1.82, 2.24) is 9.80 Å². The SMILES string of the molecule is CCO[Si](CCCN1CCN(CCCOCC2CO2)C1)(OCC)OCC. The van der Waals surface area contributed by atoms with Crippen molar-refractivity contribution in [2.24, 2.45) is 0 Å². The maximum atomic E-state index is 5.94. The highest BCUT2D eigenvalue weighted by Gasteiger charge is 2.39. The Morgan fingerprint density at radius 3 is 2.04 bits per heavy atom. The van der Waals surface area contributed by atoms with E-state index in [4.69, 9.17) is 22.8 Å². The highest BCUT2D eigenvalue weighted by Crippen LogP contribution is 2.19. The van der Waals surface area contributed by atoms with Crippen LogP contribution in [0.5, 0.6) is 0 Å². The van der Waals surface area contributed by atoms with Gasteiger partial charge in [0.2, 0.25) is 0 Å². The van der Waals surface area contributed by atoms with E-state index in [2.05, 4.69) is 9.80 Å². The van der Waals surface area contributed by atoms with Gasteiger partial charge in [-0.3, -0.25) is 9.80 Å². The van der Waals surface area contributed by atoms with E-state index in [1.165, 1.54) is 0 Å². The first kappa shape index (κ1) is 22.2. The Labute approximate surface area is 160 Å². The van der Waals surface area contributed by atoms with E-state index in [9.17, 15) is 0 Å². The van der Waals surface area contributed by atoms with Gasteiger partial charge in [-0.2, -0.15) is 0 Å². The molecule has 7 nitrogen and oxygen atoms in total. The van der Waals surface area contributed by atoms with Crippen LogP contribution >= 0.6 is 0 Å². The lowest BCUT2D eigenvalue weighted by molar-refractivity contribution is 0.0699. The van der Waals surface area contributed by atoms with Crippen LogP contribution in [0.3, 0.4) is 0 Å². The summed E-state index contributed by atoms with van der Waals surface area (Å²) in [5.74, 6) is 0. The monoisotopic (exact) mass is 390 g/mol. The highest BCUT2D eigenvalue weighted by atomic mass is 28.4. The van der Waals surface area contributed by atoms with Crippen molar-refractivity contribution in [3.05, 3.63) is 0 Å². The van der Waals surface area contributed by atoms with Crippen molar-refractivity contribution in [1.29, 1.82) is 0 Å². The molecule has 0 aromatic heterocycles. The summed E-state index contributed by atoms with van der Waals surface area (Å²) in [4.78, 5) is 5.02. The van der Waals surface area contributed by atoms with Crippen LogP contribution in [0.15, 0.2) is 0 Å². The van der Waals surface area contributed by atoms with E-state index in [1.807, 2.05) is 20.8 Å². The molecule has 0 aliphatic carbocycles. The number of nitrogens with zero attached hydrogens (tertiary/aromatic N) is 2. The van der Waals surface area contributed by atoms with Crippen LogP contribution < -0.4 is 0 Å². The number of rotatable bonds is 16. The van der Waals surface area contributed by atoms with Crippen LogP contribution in [0.2, 0.25) is 6.04 Å². The van der Waals surface area contributed by atoms with E-state index in [-0.39, 0.29) is 0 Å². The predicted molar refractivity (Wildman–Crippen MR) is 103 cm³/mol. The van der Waals surface area contributed by atoms with Gasteiger partial charge in [0.15, 0.2) is 0 Å². The molecule has 0 aromatic rings. The summed E-state index contributed by atoms with van der Waals surface area (Å²) >= 11 is 0. The van der Waals surface area contributed by atoms with Gasteiger partial charge in [0.25, 0.3) is 0 Å². The summed E-state index contributed by atoms with van der Waals surface area (Å²) < 4.78 is 28.6. The third-order valence-corrected chi connectivity index (χ3v) is 7.80. The fourth-order valence-electron chi connectivity index (χ4n) is 3.36. The average Bonchev–Trinajstić information content (AvgIpc) is 3.33. The minimum Gasteiger partial charge on any atom is -0.379 e. The largest absolute Gasteiger partial charge is 0.500 e. The second-order valence-electron chi connectivity index (χ2n) is 6.85. The Hall–Kier alpha value is -0.0631. The molecule has 26 heavy (non-hydrogen) atoms. The van der Waals surface area contributed by atoms with E-state index in [0.29, 0.717) is 25.9 Å². The fourth-order valence-corrected chi connectivity index (χ4v) is 5.96. The molecule has 2 aliphatic rings. The summed E-state index contributed by atoms with van der Waals surface area (Å²) in [6, 6.07) is 0.899. The van der Waals surface area contributed by atoms with Gasteiger partial charge in [-0.25, -0.2) is 0 Å². The quantitative estimate of drug-likeness (QED) is 0.226. The molecular weight excluding hydrogens is 352 g/mol. The Morgan fingerprint density at radius 2 is 1.50 bits per heavy atom. The van der Waals surface area contributed by atoms with Crippen LogP contribution in [0.1, 0.15) is 33.6 Å². The normalized spacial score (nSPS) is 21.6. The molecule has 2 rings (SSSR count). The van der Waals surface area contributed by atoms with E-state index >= 15 is 0 Å². The Kier molecular flexibility index (Phi) is 10.6. The van der Waals surface area contributed by atoms with E-state index < -0.39 is 8.80 Å². The maximum Gasteiger partial charge on any atom is 0.500 e. The van der Waals surface area contributed by atoms with Gasteiger partial charge < -0.3 is 22.8 Å². The standard InChI is InChI=1S/C18H38N2O5Si/c1-4-23-26(24-5-2,25-6-3)14-8-10-20-12-11-19(17-20)9-7-13-21-15-18-16-22-18/h18H,4-17H2,1-3H3. The zero-order valence-corrected chi connectivity index (χ0v) is 17.9. The Bertz CT molecular complexity index is 356. The van der Waals surface area contributed by atoms with Crippen molar-refractivity contribution < 1.29 is 22.8 Å². The van der Waals surface area contributed by atoms with Gasteiger partial charge in [-0.1, -0.05) is 0 Å². The molecule has 2 heterocycles. The van der Waals surface area contributed by atoms with Crippen molar-refractivity contribution in [3.8, 4) is 0 Å². The molecule has 2 saturated heterocycles. The maximum absolute atomic E-state index is 5.94. The van der Waals surface area contributed by atoms with Gasteiger partial charge in [0.05, 0.1) is 19.9 Å². The molecule has 0 saturated carbocycles. The number of hydrogen-bond donors (Lipinski definition) is 0. The van der Waals surface area contributed by atoms with Crippen LogP contribution in [0.4, 0.5) is 0 Å². The fraction of sp³-hybridized carbons (Fsp3) is 1.00. The minimum atomic E-state index is -2.49. The summed E-state index contributed by atoms with van der Waals surface area (Å²) in [6.45, 7) is 16.0.